The van der Waals surface area contributed by atoms with E-state index in [4.69, 9.17) is 0 Å². The lowest BCUT2D eigenvalue weighted by Gasteiger charge is -1.98. The van der Waals surface area contributed by atoms with E-state index in [2.05, 4.69) is 20.1 Å². The van der Waals surface area contributed by atoms with E-state index in [0.29, 0.717) is 0 Å². The van der Waals surface area contributed by atoms with E-state index < -0.39 is 0 Å². The van der Waals surface area contributed by atoms with Crippen LogP contribution in [0.2, 0.25) is 0 Å². The Morgan fingerprint density at radius 2 is 2.07 bits per heavy atom. The summed E-state index contributed by atoms with van der Waals surface area (Å²) in [5, 5.41) is 3.82. The molecule has 2 aromatic heterocycles. The van der Waals surface area contributed by atoms with Crippen molar-refractivity contribution < 1.29 is 4.79 Å². The molecule has 0 fully saturated rings. The summed E-state index contributed by atoms with van der Waals surface area (Å²) in [6.07, 6.45) is 4.31. The molecule has 0 N–H and O–H groups in total. The molecule has 15 heavy (non-hydrogen) atoms. The van der Waals surface area contributed by atoms with Crippen LogP contribution in [0.3, 0.4) is 0 Å². The zero-order valence-corrected chi connectivity index (χ0v) is 8.38. The lowest BCUT2D eigenvalue weighted by Crippen LogP contribution is -2.11. The molecule has 0 unspecified atom stereocenters. The fourth-order valence-electron chi connectivity index (χ4n) is 1.13. The molecular formula is C9H9N5O. The number of hydrogen-bond acceptors (Lipinski definition) is 5. The van der Waals surface area contributed by atoms with Gasteiger partial charge in [0, 0.05) is 13.2 Å². The maximum Gasteiger partial charge on any atom is 0.249 e. The molecule has 2 aromatic rings. The fourth-order valence-corrected chi connectivity index (χ4v) is 1.13. The van der Waals surface area contributed by atoms with Crippen LogP contribution in [0.15, 0.2) is 18.7 Å². The van der Waals surface area contributed by atoms with Gasteiger partial charge in [0.1, 0.15) is 12.0 Å². The minimum Gasteiger partial charge on any atom is -0.283 e. The van der Waals surface area contributed by atoms with Crippen molar-refractivity contribution in [2.24, 2.45) is 7.05 Å². The number of carbonyl (C=O) groups is 1. The molecule has 0 amide bonds. The van der Waals surface area contributed by atoms with Gasteiger partial charge in [-0.15, -0.1) is 0 Å². The molecule has 0 aliphatic heterocycles. The largest absolute Gasteiger partial charge is 0.283 e. The maximum atomic E-state index is 11.8. The topological polar surface area (TPSA) is 73.6 Å². The molecule has 6 nitrogen and oxygen atoms in total. The zero-order valence-electron chi connectivity index (χ0n) is 8.38. The average Bonchev–Trinajstić information content (AvgIpc) is 2.65. The van der Waals surface area contributed by atoms with E-state index >= 15 is 0 Å². The number of carbonyl (C=O) groups excluding carboxylic acids is 1. The van der Waals surface area contributed by atoms with E-state index in [-0.39, 0.29) is 17.3 Å². The third kappa shape index (κ3) is 1.74. The van der Waals surface area contributed by atoms with Gasteiger partial charge in [0.2, 0.25) is 11.6 Å². The number of ketones is 1. The van der Waals surface area contributed by atoms with Gasteiger partial charge >= 0.3 is 0 Å². The first kappa shape index (κ1) is 9.45. The van der Waals surface area contributed by atoms with Crippen LogP contribution in [-0.4, -0.2) is 30.5 Å². The normalized spacial score (nSPS) is 10.3. The predicted molar refractivity (Wildman–Crippen MR) is 51.2 cm³/mol. The summed E-state index contributed by atoms with van der Waals surface area (Å²) >= 11 is 0. The summed E-state index contributed by atoms with van der Waals surface area (Å²) < 4.78 is 1.41. The monoisotopic (exact) mass is 203 g/mol. The van der Waals surface area contributed by atoms with Gasteiger partial charge in [-0.3, -0.25) is 9.78 Å². The zero-order chi connectivity index (χ0) is 10.8. The van der Waals surface area contributed by atoms with Crippen LogP contribution >= 0.6 is 0 Å². The molecule has 0 aromatic carbocycles. The first-order valence-electron chi connectivity index (χ1n) is 4.36. The van der Waals surface area contributed by atoms with Gasteiger partial charge in [-0.05, 0) is 6.92 Å². The molecule has 6 heteroatoms. The summed E-state index contributed by atoms with van der Waals surface area (Å²) in [5.41, 5.74) is 1.04. The highest BCUT2D eigenvalue weighted by Crippen LogP contribution is 2.02. The summed E-state index contributed by atoms with van der Waals surface area (Å²) in [7, 11) is 1.65. The predicted octanol–water partition coefficient (Wildman–Crippen LogP) is 0.145. The van der Waals surface area contributed by atoms with Gasteiger partial charge in [-0.1, -0.05) is 0 Å². The van der Waals surface area contributed by atoms with Crippen molar-refractivity contribution in [3.05, 3.63) is 35.9 Å². The molecular weight excluding hydrogens is 194 g/mol. The van der Waals surface area contributed by atoms with Gasteiger partial charge in [0.25, 0.3) is 0 Å². The number of aromatic nitrogens is 5. The Morgan fingerprint density at radius 1 is 1.27 bits per heavy atom. The quantitative estimate of drug-likeness (QED) is 0.649. The lowest BCUT2D eigenvalue weighted by molar-refractivity contribution is 0.102. The molecule has 0 saturated heterocycles. The van der Waals surface area contributed by atoms with Gasteiger partial charge in [-0.2, -0.15) is 5.10 Å². The second kappa shape index (κ2) is 3.56. The summed E-state index contributed by atoms with van der Waals surface area (Å²) in [4.78, 5) is 23.6. The molecule has 0 aliphatic rings. The Kier molecular flexibility index (Phi) is 2.24. The van der Waals surface area contributed by atoms with Crippen molar-refractivity contribution in [2.45, 2.75) is 6.92 Å². The molecule has 76 valence electrons. The van der Waals surface area contributed by atoms with Gasteiger partial charge in [0.05, 0.1) is 11.9 Å². The van der Waals surface area contributed by atoms with Crippen LogP contribution in [-0.2, 0) is 7.05 Å². The van der Waals surface area contributed by atoms with Crippen LogP contribution in [0.4, 0.5) is 0 Å². The van der Waals surface area contributed by atoms with E-state index in [1.807, 2.05) is 6.92 Å². The Morgan fingerprint density at radius 3 is 2.60 bits per heavy atom. The van der Waals surface area contributed by atoms with E-state index in [0.717, 1.165) is 5.69 Å². The third-order valence-corrected chi connectivity index (χ3v) is 1.93. The fraction of sp³-hybridized carbons (Fsp3) is 0.222. The lowest BCUT2D eigenvalue weighted by atomic mass is 10.3. The Hall–Kier alpha value is -2.11. The highest BCUT2D eigenvalue weighted by atomic mass is 16.1. The first-order chi connectivity index (χ1) is 7.18. The van der Waals surface area contributed by atoms with Crippen LogP contribution in [0.5, 0.6) is 0 Å². The second-order valence-electron chi connectivity index (χ2n) is 3.08. The van der Waals surface area contributed by atoms with Crippen LogP contribution in [0.25, 0.3) is 0 Å². The first-order valence-corrected chi connectivity index (χ1v) is 4.36. The van der Waals surface area contributed by atoms with Crippen molar-refractivity contribution in [3.8, 4) is 0 Å². The number of nitrogens with zero attached hydrogens (tertiary/aromatic N) is 5. The number of hydrogen-bond donors (Lipinski definition) is 0. The maximum absolute atomic E-state index is 11.8. The number of rotatable bonds is 2. The summed E-state index contributed by atoms with van der Waals surface area (Å²) in [6, 6.07) is 0. The summed E-state index contributed by atoms with van der Waals surface area (Å²) in [5.74, 6) is -0.0179. The van der Waals surface area contributed by atoms with Gasteiger partial charge < -0.3 is 0 Å². The van der Waals surface area contributed by atoms with Gasteiger partial charge in [-0.25, -0.2) is 14.6 Å². The third-order valence-electron chi connectivity index (χ3n) is 1.93. The van der Waals surface area contributed by atoms with Crippen molar-refractivity contribution in [1.29, 1.82) is 0 Å². The van der Waals surface area contributed by atoms with Gasteiger partial charge in [0.15, 0.2) is 0 Å². The molecule has 0 saturated carbocycles. The average molecular weight is 203 g/mol. The van der Waals surface area contributed by atoms with E-state index in [1.54, 1.807) is 13.2 Å². The minimum absolute atomic E-state index is 0.258. The number of aryl methyl sites for hydroxylation is 2. The standard InChI is InChI=1S/C9H9N5O/c1-6-3-11-7(4-10-6)8(15)9-12-5-13-14(9)2/h3-5H,1-2H3. The van der Waals surface area contributed by atoms with Crippen molar-refractivity contribution in [3.63, 3.8) is 0 Å². The molecule has 2 heterocycles. The molecule has 2 rings (SSSR count). The molecule has 0 bridgehead atoms. The SMILES string of the molecule is Cc1cnc(C(=O)c2ncnn2C)cn1. The van der Waals surface area contributed by atoms with Crippen LogP contribution in [0, 0.1) is 6.92 Å². The Labute approximate surface area is 86.0 Å². The van der Waals surface area contributed by atoms with Crippen molar-refractivity contribution >= 4 is 5.78 Å². The summed E-state index contributed by atoms with van der Waals surface area (Å²) in [6.45, 7) is 1.81. The highest BCUT2D eigenvalue weighted by molar-refractivity contribution is 6.04. The Bertz CT molecular complexity index is 487. The van der Waals surface area contributed by atoms with Crippen LogP contribution in [0.1, 0.15) is 22.0 Å². The Balaban J connectivity index is 2.37. The molecule has 0 aliphatic carbocycles. The smallest absolute Gasteiger partial charge is 0.249 e. The van der Waals surface area contributed by atoms with E-state index in [9.17, 15) is 4.79 Å². The molecule has 0 spiro atoms. The van der Waals surface area contributed by atoms with Crippen molar-refractivity contribution in [1.82, 2.24) is 24.7 Å². The molecule has 0 radical (unpaired) electrons. The second-order valence-corrected chi connectivity index (χ2v) is 3.08. The van der Waals surface area contributed by atoms with Crippen LogP contribution < -0.4 is 0 Å². The molecule has 0 atom stereocenters. The minimum atomic E-state index is -0.275. The highest BCUT2D eigenvalue weighted by Gasteiger charge is 2.15. The van der Waals surface area contributed by atoms with E-state index in [1.165, 1.54) is 17.2 Å². The van der Waals surface area contributed by atoms with Crippen molar-refractivity contribution in [2.75, 3.05) is 0 Å².